The van der Waals surface area contributed by atoms with Gasteiger partial charge >= 0.3 is 0 Å². The highest BCUT2D eigenvalue weighted by molar-refractivity contribution is 7.16. The van der Waals surface area contributed by atoms with E-state index in [2.05, 4.69) is 24.0 Å². The van der Waals surface area contributed by atoms with E-state index in [0.29, 0.717) is 0 Å². The minimum atomic E-state index is -0.463. The van der Waals surface area contributed by atoms with Crippen molar-refractivity contribution in [3.63, 3.8) is 0 Å². The van der Waals surface area contributed by atoms with Crippen molar-refractivity contribution in [2.75, 3.05) is 0 Å². The van der Waals surface area contributed by atoms with Crippen LogP contribution >= 0.6 is 22.7 Å². The molecule has 0 aliphatic rings. The maximum Gasteiger partial charge on any atom is 0.122 e. The Kier molecular flexibility index (Phi) is 2.67. The van der Waals surface area contributed by atoms with Gasteiger partial charge in [-0.15, -0.1) is 22.7 Å². The van der Waals surface area contributed by atoms with E-state index in [-0.39, 0.29) is 0 Å². The van der Waals surface area contributed by atoms with Gasteiger partial charge in [-0.25, -0.2) is 4.98 Å². The molecule has 2 nitrogen and oxygen atoms in total. The fourth-order valence-corrected chi connectivity index (χ4v) is 2.83. The topological polar surface area (TPSA) is 33.1 Å². The van der Waals surface area contributed by atoms with Gasteiger partial charge in [0.1, 0.15) is 11.1 Å². The Hall–Kier alpha value is -0.710. The molecule has 0 amide bonds. The summed E-state index contributed by atoms with van der Waals surface area (Å²) < 4.78 is 0. The van der Waals surface area contributed by atoms with Gasteiger partial charge in [0.2, 0.25) is 0 Å². The van der Waals surface area contributed by atoms with Crippen molar-refractivity contribution in [3.05, 3.63) is 27.4 Å². The lowest BCUT2D eigenvalue weighted by atomic mass is 10.3. The first-order valence-corrected chi connectivity index (χ1v) is 6.07. The number of aliphatic hydroxyl groups is 1. The zero-order valence-electron chi connectivity index (χ0n) is 8.02. The zero-order chi connectivity index (χ0) is 10.1. The Balaban J connectivity index is 2.33. The van der Waals surface area contributed by atoms with Crippen LogP contribution in [0.1, 0.15) is 22.9 Å². The first kappa shape index (κ1) is 9.83. The Morgan fingerprint density at radius 1 is 1.43 bits per heavy atom. The summed E-state index contributed by atoms with van der Waals surface area (Å²) in [6.07, 6.45) is -0.463. The summed E-state index contributed by atoms with van der Waals surface area (Å²) in [5.41, 5.74) is 0.976. The lowest BCUT2D eigenvalue weighted by Gasteiger charge is -1.95. The molecule has 0 aliphatic carbocycles. The van der Waals surface area contributed by atoms with E-state index < -0.39 is 6.10 Å². The number of hydrogen-bond acceptors (Lipinski definition) is 4. The van der Waals surface area contributed by atoms with E-state index in [1.165, 1.54) is 21.1 Å². The highest BCUT2D eigenvalue weighted by atomic mass is 32.1. The molecule has 0 spiro atoms. The molecule has 1 N–H and O–H groups in total. The van der Waals surface area contributed by atoms with E-state index in [1.807, 2.05) is 5.38 Å². The number of aryl methyl sites for hydroxylation is 1. The second-order valence-corrected chi connectivity index (χ2v) is 5.33. The van der Waals surface area contributed by atoms with E-state index in [4.69, 9.17) is 0 Å². The molecule has 4 heteroatoms. The van der Waals surface area contributed by atoms with E-state index >= 15 is 0 Å². The number of hydrogen-bond donors (Lipinski definition) is 1. The summed E-state index contributed by atoms with van der Waals surface area (Å²) in [4.78, 5) is 6.83. The second-order valence-electron chi connectivity index (χ2n) is 3.16. The zero-order valence-corrected chi connectivity index (χ0v) is 9.65. The third kappa shape index (κ3) is 1.87. The van der Waals surface area contributed by atoms with Crippen molar-refractivity contribution in [1.82, 2.24) is 4.98 Å². The fourth-order valence-electron chi connectivity index (χ4n) is 1.16. The smallest absolute Gasteiger partial charge is 0.122 e. The molecule has 0 radical (unpaired) electrons. The third-order valence-corrected chi connectivity index (χ3v) is 3.91. The van der Waals surface area contributed by atoms with Crippen LogP contribution in [-0.2, 0) is 0 Å². The number of aromatic nitrogens is 1. The van der Waals surface area contributed by atoms with Crippen LogP contribution < -0.4 is 0 Å². The highest BCUT2D eigenvalue weighted by Gasteiger charge is 2.09. The SMILES string of the molecule is Cc1ccc(-c2csc(C(C)O)n2)s1. The van der Waals surface area contributed by atoms with E-state index in [0.717, 1.165) is 10.7 Å². The van der Waals surface area contributed by atoms with E-state index in [9.17, 15) is 5.11 Å². The lowest BCUT2D eigenvalue weighted by Crippen LogP contribution is -1.88. The fraction of sp³-hybridized carbons (Fsp3) is 0.300. The van der Waals surface area contributed by atoms with Crippen LogP contribution in [0, 0.1) is 6.92 Å². The van der Waals surface area contributed by atoms with Crippen LogP contribution in [0.15, 0.2) is 17.5 Å². The predicted octanol–water partition coefficient (Wildman–Crippen LogP) is 3.23. The molecule has 0 bridgehead atoms. The van der Waals surface area contributed by atoms with Gasteiger partial charge in [0.25, 0.3) is 0 Å². The normalized spacial score (nSPS) is 13.1. The summed E-state index contributed by atoms with van der Waals surface area (Å²) in [5, 5.41) is 12.1. The minimum absolute atomic E-state index is 0.463. The van der Waals surface area contributed by atoms with Gasteiger partial charge in [0.15, 0.2) is 0 Å². The molecule has 2 rings (SSSR count). The van der Waals surface area contributed by atoms with Crippen LogP contribution in [0.4, 0.5) is 0 Å². The van der Waals surface area contributed by atoms with Crippen molar-refractivity contribution in [2.24, 2.45) is 0 Å². The van der Waals surface area contributed by atoms with Gasteiger partial charge in [-0.2, -0.15) is 0 Å². The molecule has 1 unspecified atom stereocenters. The van der Waals surface area contributed by atoms with E-state index in [1.54, 1.807) is 18.3 Å². The Labute approximate surface area is 90.9 Å². The molecule has 0 saturated heterocycles. The average molecular weight is 225 g/mol. The van der Waals surface area contributed by atoms with Crippen LogP contribution in [0.3, 0.4) is 0 Å². The van der Waals surface area contributed by atoms with Gasteiger partial charge in [-0.05, 0) is 26.0 Å². The van der Waals surface area contributed by atoms with Crippen molar-refractivity contribution >= 4 is 22.7 Å². The van der Waals surface area contributed by atoms with Crippen molar-refractivity contribution in [2.45, 2.75) is 20.0 Å². The standard InChI is InChI=1S/C10H11NOS2/c1-6-3-4-9(14-6)8-5-13-10(11-8)7(2)12/h3-5,7,12H,1-2H3. The van der Waals surface area contributed by atoms with Crippen molar-refractivity contribution < 1.29 is 5.11 Å². The molecule has 14 heavy (non-hydrogen) atoms. The Morgan fingerprint density at radius 3 is 2.71 bits per heavy atom. The predicted molar refractivity (Wildman–Crippen MR) is 60.8 cm³/mol. The summed E-state index contributed by atoms with van der Waals surface area (Å²) in [6.45, 7) is 3.82. The number of thiophene rings is 1. The maximum atomic E-state index is 9.34. The number of thiazole rings is 1. The molecule has 1 atom stereocenters. The summed E-state index contributed by atoms with van der Waals surface area (Å²) >= 11 is 3.24. The van der Waals surface area contributed by atoms with Gasteiger partial charge < -0.3 is 5.11 Å². The number of aliphatic hydroxyl groups excluding tert-OH is 1. The van der Waals surface area contributed by atoms with Crippen molar-refractivity contribution in [1.29, 1.82) is 0 Å². The average Bonchev–Trinajstić information content (AvgIpc) is 2.70. The summed E-state index contributed by atoms with van der Waals surface area (Å²) in [7, 11) is 0. The third-order valence-electron chi connectivity index (χ3n) is 1.87. The van der Waals surface area contributed by atoms with Crippen molar-refractivity contribution in [3.8, 4) is 10.6 Å². The largest absolute Gasteiger partial charge is 0.386 e. The monoisotopic (exact) mass is 225 g/mol. The molecule has 74 valence electrons. The van der Waals surface area contributed by atoms with Crippen LogP contribution in [0.5, 0.6) is 0 Å². The number of nitrogens with zero attached hydrogens (tertiary/aromatic N) is 1. The number of rotatable bonds is 2. The van der Waals surface area contributed by atoms with Gasteiger partial charge in [-0.1, -0.05) is 0 Å². The molecule has 0 fully saturated rings. The molecule has 0 aromatic carbocycles. The molecule has 0 saturated carbocycles. The van der Waals surface area contributed by atoms with Crippen LogP contribution in [-0.4, -0.2) is 10.1 Å². The quantitative estimate of drug-likeness (QED) is 0.851. The Morgan fingerprint density at radius 2 is 2.21 bits per heavy atom. The highest BCUT2D eigenvalue weighted by Crippen LogP contribution is 2.30. The van der Waals surface area contributed by atoms with Crippen LogP contribution in [0.25, 0.3) is 10.6 Å². The molecule has 2 aromatic heterocycles. The summed E-state index contributed by atoms with van der Waals surface area (Å²) in [5.74, 6) is 0. The molecular formula is C10H11NOS2. The second kappa shape index (κ2) is 3.81. The molecule has 2 heterocycles. The van der Waals surface area contributed by atoms with Gasteiger partial charge in [-0.3, -0.25) is 0 Å². The van der Waals surface area contributed by atoms with Gasteiger partial charge in [0, 0.05) is 10.3 Å². The van der Waals surface area contributed by atoms with Crippen LogP contribution in [0.2, 0.25) is 0 Å². The molecule has 2 aromatic rings. The van der Waals surface area contributed by atoms with Gasteiger partial charge in [0.05, 0.1) is 10.6 Å². The Bertz CT molecular complexity index is 431. The first-order valence-electron chi connectivity index (χ1n) is 4.37. The summed E-state index contributed by atoms with van der Waals surface area (Å²) in [6, 6.07) is 4.16. The molecular weight excluding hydrogens is 214 g/mol. The minimum Gasteiger partial charge on any atom is -0.386 e. The first-order chi connectivity index (χ1) is 6.66. The molecule has 0 aliphatic heterocycles. The maximum absolute atomic E-state index is 9.34. The lowest BCUT2D eigenvalue weighted by molar-refractivity contribution is 0.199.